The molecule has 0 unspecified atom stereocenters. The molecule has 0 spiro atoms. The molecule has 0 aliphatic carbocycles. The Hall–Kier alpha value is -0.600. The molecular formula is C10H15NO2S2. The van der Waals surface area contributed by atoms with Gasteiger partial charge in [-0.3, -0.25) is 0 Å². The van der Waals surface area contributed by atoms with Crippen LogP contribution >= 0.6 is 23.5 Å². The number of nitrogens with zero attached hydrogens (tertiary/aromatic N) is 1. The van der Waals surface area contributed by atoms with Gasteiger partial charge in [0.25, 0.3) is 0 Å². The van der Waals surface area contributed by atoms with E-state index in [0.717, 1.165) is 17.1 Å². The Kier molecular flexibility index (Phi) is 8.34. The summed E-state index contributed by atoms with van der Waals surface area (Å²) in [6.07, 6.45) is 5.33. The van der Waals surface area contributed by atoms with Crippen LogP contribution < -0.4 is 0 Å². The van der Waals surface area contributed by atoms with Gasteiger partial charge in [-0.2, -0.15) is 28.8 Å². The van der Waals surface area contributed by atoms with Crippen LogP contribution in [0.15, 0.2) is 11.1 Å². The normalized spacial score (nSPS) is 9.40. The molecule has 0 bridgehead atoms. The Balaban J connectivity index is 4.69. The van der Waals surface area contributed by atoms with Crippen LogP contribution in [0.25, 0.3) is 0 Å². The zero-order valence-electron chi connectivity index (χ0n) is 8.95. The molecule has 0 aliphatic heterocycles. The first kappa shape index (κ1) is 14.4. The summed E-state index contributed by atoms with van der Waals surface area (Å²) in [5.41, 5.74) is 0.701. The van der Waals surface area contributed by atoms with Gasteiger partial charge in [-0.05, 0) is 42.4 Å². The van der Waals surface area contributed by atoms with Crippen LogP contribution in [0.3, 0.4) is 0 Å². The summed E-state index contributed by atoms with van der Waals surface area (Å²) in [6, 6.07) is 1.78. The maximum atomic E-state index is 10.8. The number of carboxylic acids is 1. The highest BCUT2D eigenvalue weighted by molar-refractivity contribution is 7.98. The van der Waals surface area contributed by atoms with Gasteiger partial charge in [0, 0.05) is 0 Å². The van der Waals surface area contributed by atoms with E-state index in [2.05, 4.69) is 0 Å². The van der Waals surface area contributed by atoms with E-state index in [-0.39, 0.29) is 5.57 Å². The first-order valence-corrected chi connectivity index (χ1v) is 7.29. The van der Waals surface area contributed by atoms with E-state index in [1.165, 1.54) is 0 Å². The first-order chi connectivity index (χ1) is 7.17. The van der Waals surface area contributed by atoms with Crippen molar-refractivity contribution < 1.29 is 9.90 Å². The van der Waals surface area contributed by atoms with Gasteiger partial charge in [-0.1, -0.05) is 0 Å². The predicted octanol–water partition coefficient (Wildman–Crippen LogP) is 2.40. The van der Waals surface area contributed by atoms with E-state index in [1.807, 2.05) is 12.5 Å². The lowest BCUT2D eigenvalue weighted by molar-refractivity contribution is -0.132. The van der Waals surface area contributed by atoms with Crippen LogP contribution in [0.1, 0.15) is 12.8 Å². The van der Waals surface area contributed by atoms with Crippen molar-refractivity contribution in [1.82, 2.24) is 0 Å². The van der Waals surface area contributed by atoms with E-state index >= 15 is 0 Å². The number of rotatable bonds is 7. The van der Waals surface area contributed by atoms with E-state index in [0.29, 0.717) is 12.8 Å². The minimum Gasteiger partial charge on any atom is -0.477 e. The van der Waals surface area contributed by atoms with Crippen LogP contribution in [0.2, 0.25) is 0 Å². The molecule has 0 aromatic carbocycles. The van der Waals surface area contributed by atoms with Crippen LogP contribution in [-0.4, -0.2) is 35.1 Å². The molecule has 0 atom stereocenters. The average Bonchev–Trinajstić information content (AvgIpc) is 2.21. The van der Waals surface area contributed by atoms with Crippen molar-refractivity contribution in [3.63, 3.8) is 0 Å². The third kappa shape index (κ3) is 5.75. The lowest BCUT2D eigenvalue weighted by atomic mass is 10.0. The summed E-state index contributed by atoms with van der Waals surface area (Å²) in [7, 11) is 0. The van der Waals surface area contributed by atoms with Gasteiger partial charge in [0.15, 0.2) is 0 Å². The third-order valence-corrected chi connectivity index (χ3v) is 3.12. The number of hydrogen-bond donors (Lipinski definition) is 1. The van der Waals surface area contributed by atoms with Gasteiger partial charge in [-0.15, -0.1) is 0 Å². The molecule has 15 heavy (non-hydrogen) atoms. The first-order valence-electron chi connectivity index (χ1n) is 4.50. The quantitative estimate of drug-likeness (QED) is 0.551. The highest BCUT2D eigenvalue weighted by Crippen LogP contribution is 2.18. The fourth-order valence-electron chi connectivity index (χ4n) is 1.10. The third-order valence-electron chi connectivity index (χ3n) is 1.90. The summed E-state index contributed by atoms with van der Waals surface area (Å²) in [6.45, 7) is 0. The topological polar surface area (TPSA) is 61.1 Å². The molecule has 0 saturated heterocycles. The molecule has 0 amide bonds. The van der Waals surface area contributed by atoms with Gasteiger partial charge in [0.1, 0.15) is 11.6 Å². The average molecular weight is 245 g/mol. The molecule has 0 aromatic heterocycles. The fourth-order valence-corrected chi connectivity index (χ4v) is 2.00. The summed E-state index contributed by atoms with van der Waals surface area (Å²) >= 11 is 3.32. The Bertz CT molecular complexity index is 272. The van der Waals surface area contributed by atoms with E-state index < -0.39 is 5.97 Å². The fraction of sp³-hybridized carbons (Fsp3) is 0.600. The second kappa shape index (κ2) is 8.69. The number of aliphatic carboxylic acids is 1. The number of carboxylic acid groups (broad SMARTS) is 1. The van der Waals surface area contributed by atoms with Crippen molar-refractivity contribution in [2.24, 2.45) is 0 Å². The van der Waals surface area contributed by atoms with Gasteiger partial charge in [-0.25, -0.2) is 4.79 Å². The van der Waals surface area contributed by atoms with Crippen LogP contribution in [-0.2, 0) is 4.79 Å². The predicted molar refractivity (Wildman–Crippen MR) is 66.3 cm³/mol. The Labute approximate surface area is 98.9 Å². The van der Waals surface area contributed by atoms with Crippen molar-refractivity contribution in [3.8, 4) is 6.07 Å². The molecule has 84 valence electrons. The number of allylic oxidation sites excluding steroid dienone is 1. The number of hydrogen-bond acceptors (Lipinski definition) is 4. The minimum absolute atomic E-state index is 0.0712. The Morgan fingerprint density at radius 1 is 1.27 bits per heavy atom. The van der Waals surface area contributed by atoms with Crippen molar-refractivity contribution in [2.45, 2.75) is 12.8 Å². The van der Waals surface area contributed by atoms with Gasteiger partial charge in [0.2, 0.25) is 0 Å². The number of carbonyl (C=O) groups is 1. The second-order valence-electron chi connectivity index (χ2n) is 2.88. The maximum Gasteiger partial charge on any atom is 0.346 e. The highest BCUT2D eigenvalue weighted by atomic mass is 32.2. The summed E-state index contributed by atoms with van der Waals surface area (Å²) < 4.78 is 0. The molecule has 0 saturated carbocycles. The maximum absolute atomic E-state index is 10.8. The van der Waals surface area contributed by atoms with Gasteiger partial charge < -0.3 is 5.11 Å². The molecule has 0 rings (SSSR count). The summed E-state index contributed by atoms with van der Waals surface area (Å²) in [5, 5.41) is 17.6. The minimum atomic E-state index is -1.10. The molecule has 5 heteroatoms. The van der Waals surface area contributed by atoms with Crippen molar-refractivity contribution in [2.75, 3.05) is 24.0 Å². The monoisotopic (exact) mass is 245 g/mol. The van der Waals surface area contributed by atoms with Crippen LogP contribution in [0.4, 0.5) is 0 Å². The van der Waals surface area contributed by atoms with Gasteiger partial charge >= 0.3 is 5.97 Å². The van der Waals surface area contributed by atoms with Gasteiger partial charge in [0.05, 0.1) is 0 Å². The molecule has 0 fully saturated rings. The van der Waals surface area contributed by atoms with Crippen molar-refractivity contribution in [3.05, 3.63) is 11.1 Å². The summed E-state index contributed by atoms with van der Waals surface area (Å²) in [5.74, 6) is 0.624. The van der Waals surface area contributed by atoms with E-state index in [9.17, 15) is 4.79 Å². The van der Waals surface area contributed by atoms with Crippen LogP contribution in [0, 0.1) is 11.3 Å². The molecule has 1 N–H and O–H groups in total. The number of nitriles is 1. The SMILES string of the molecule is CSCCC(CCSC)=C(C#N)C(=O)O. The lowest BCUT2D eigenvalue weighted by Gasteiger charge is -2.06. The lowest BCUT2D eigenvalue weighted by Crippen LogP contribution is -2.04. The van der Waals surface area contributed by atoms with E-state index in [1.54, 1.807) is 29.6 Å². The zero-order chi connectivity index (χ0) is 11.7. The molecule has 0 heterocycles. The Morgan fingerprint density at radius 2 is 1.73 bits per heavy atom. The second-order valence-corrected chi connectivity index (χ2v) is 4.85. The largest absolute Gasteiger partial charge is 0.477 e. The molecular weight excluding hydrogens is 230 g/mol. The molecule has 3 nitrogen and oxygen atoms in total. The zero-order valence-corrected chi connectivity index (χ0v) is 10.6. The smallest absolute Gasteiger partial charge is 0.346 e. The standard InChI is InChI=1S/C10H15NO2S2/c1-14-5-3-8(4-6-15-2)9(7-11)10(12)13/h3-6H2,1-2H3,(H,12,13). The highest BCUT2D eigenvalue weighted by Gasteiger charge is 2.13. The van der Waals surface area contributed by atoms with Crippen LogP contribution in [0.5, 0.6) is 0 Å². The number of thioether (sulfide) groups is 2. The molecule has 0 aromatic rings. The molecule has 0 radical (unpaired) electrons. The summed E-state index contributed by atoms with van der Waals surface area (Å²) in [4.78, 5) is 10.8. The molecule has 0 aliphatic rings. The van der Waals surface area contributed by atoms with Crippen molar-refractivity contribution >= 4 is 29.5 Å². The Morgan fingerprint density at radius 3 is 2.00 bits per heavy atom. The van der Waals surface area contributed by atoms with E-state index in [4.69, 9.17) is 10.4 Å². The van der Waals surface area contributed by atoms with Crippen molar-refractivity contribution in [1.29, 1.82) is 5.26 Å².